The van der Waals surface area contributed by atoms with Crippen LogP contribution in [0.5, 0.6) is 5.75 Å². The summed E-state index contributed by atoms with van der Waals surface area (Å²) in [7, 11) is 1.88. The number of nitrogens with zero attached hydrogens (tertiary/aromatic N) is 8. The van der Waals surface area contributed by atoms with Gasteiger partial charge >= 0.3 is 0 Å². The van der Waals surface area contributed by atoms with Crippen molar-refractivity contribution in [3.8, 4) is 22.7 Å². The molecule has 1 fully saturated rings. The van der Waals surface area contributed by atoms with Crippen molar-refractivity contribution < 1.29 is 4.74 Å². The van der Waals surface area contributed by atoms with Crippen LogP contribution in [0.2, 0.25) is 0 Å². The number of nitrogens with one attached hydrogen (secondary N) is 1. The molecule has 212 valence electrons. The summed E-state index contributed by atoms with van der Waals surface area (Å²) < 4.78 is 9.99. The summed E-state index contributed by atoms with van der Waals surface area (Å²) in [4.78, 5) is 20.6. The summed E-state index contributed by atoms with van der Waals surface area (Å²) in [6, 6.07) is 12.4. The number of pyridine rings is 2. The summed E-state index contributed by atoms with van der Waals surface area (Å²) in [5, 5.41) is 9.91. The van der Waals surface area contributed by atoms with Crippen LogP contribution < -0.4 is 20.7 Å². The van der Waals surface area contributed by atoms with Gasteiger partial charge < -0.3 is 20.7 Å². The second-order valence-corrected chi connectivity index (χ2v) is 10.5. The molecule has 0 unspecified atom stereocenters. The van der Waals surface area contributed by atoms with E-state index >= 15 is 0 Å². The Morgan fingerprint density at radius 1 is 1.05 bits per heavy atom. The Kier molecular flexibility index (Phi) is 6.63. The molecule has 6 aromatic rings. The zero-order chi connectivity index (χ0) is 28.6. The van der Waals surface area contributed by atoms with Gasteiger partial charge in [-0.3, -0.25) is 19.2 Å². The van der Waals surface area contributed by atoms with Gasteiger partial charge in [0, 0.05) is 85.8 Å². The molecular weight excluding hydrogens is 528 g/mol. The highest BCUT2D eigenvalue weighted by Crippen LogP contribution is 2.34. The van der Waals surface area contributed by atoms with Crippen molar-refractivity contribution in [3.05, 3.63) is 78.8 Å². The van der Waals surface area contributed by atoms with Gasteiger partial charge in [-0.15, -0.1) is 0 Å². The zero-order valence-corrected chi connectivity index (χ0v) is 23.7. The van der Waals surface area contributed by atoms with Gasteiger partial charge in [-0.1, -0.05) is 6.92 Å². The highest BCUT2D eigenvalue weighted by atomic mass is 16.5. The van der Waals surface area contributed by atoms with Crippen molar-refractivity contribution in [1.29, 1.82) is 0 Å². The fraction of sp³-hybridized carbons (Fsp3) is 0.258. The Labute approximate surface area is 243 Å². The van der Waals surface area contributed by atoms with Crippen LogP contribution in [0.1, 0.15) is 18.2 Å². The predicted octanol–water partition coefficient (Wildman–Crippen LogP) is 3.90. The van der Waals surface area contributed by atoms with E-state index in [0.717, 1.165) is 82.8 Å². The molecule has 1 aliphatic rings. The van der Waals surface area contributed by atoms with Gasteiger partial charge in [-0.2, -0.15) is 5.10 Å². The Morgan fingerprint density at radius 3 is 2.74 bits per heavy atom. The lowest BCUT2D eigenvalue weighted by Crippen LogP contribution is -2.43. The van der Waals surface area contributed by atoms with E-state index in [9.17, 15) is 0 Å². The number of aromatic nitrogens is 7. The monoisotopic (exact) mass is 560 g/mol. The lowest BCUT2D eigenvalue weighted by Gasteiger charge is -2.30. The second-order valence-electron chi connectivity index (χ2n) is 10.5. The van der Waals surface area contributed by atoms with Gasteiger partial charge in [-0.05, 0) is 36.8 Å². The predicted molar refractivity (Wildman–Crippen MR) is 164 cm³/mol. The minimum Gasteiger partial charge on any atom is -0.489 e. The number of fused-ring (bicyclic) bond motifs is 2. The first-order chi connectivity index (χ1) is 20.6. The minimum absolute atomic E-state index is 0.355. The third kappa shape index (κ3) is 4.77. The van der Waals surface area contributed by atoms with E-state index in [2.05, 4.69) is 49.3 Å². The van der Waals surface area contributed by atoms with Gasteiger partial charge in [0.15, 0.2) is 5.65 Å². The van der Waals surface area contributed by atoms with E-state index in [1.807, 2.05) is 54.5 Å². The number of aryl methyl sites for hydroxylation is 2. The lowest BCUT2D eigenvalue weighted by molar-refractivity contribution is 0.306. The van der Waals surface area contributed by atoms with Crippen LogP contribution in [0.25, 0.3) is 38.9 Å². The standard InChI is InChI=1S/C31H32N10O/c1-3-21-13-28(40-10-7-33-8-11-40)24-5-4-23(14-27(24)37-21)42-18-20-12-22(16-34-15-20)41-17-25(26-6-9-39(2)38-26)29-30(32)35-19-36-31(29)41/h4-6,9,12-17,19,33H,3,7-8,10-11,18H2,1-2H3,(H2,32,35,36). The van der Waals surface area contributed by atoms with Gasteiger partial charge in [0.05, 0.1) is 28.5 Å². The number of ether oxygens (including phenoxy) is 1. The molecule has 5 aromatic heterocycles. The Morgan fingerprint density at radius 2 is 1.93 bits per heavy atom. The first-order valence-electron chi connectivity index (χ1n) is 14.2. The van der Waals surface area contributed by atoms with Crippen LogP contribution in [0.15, 0.2) is 67.5 Å². The molecule has 0 spiro atoms. The first-order valence-corrected chi connectivity index (χ1v) is 14.2. The summed E-state index contributed by atoms with van der Waals surface area (Å²) >= 11 is 0. The average Bonchev–Trinajstić information content (AvgIpc) is 3.64. The minimum atomic E-state index is 0.355. The molecule has 1 saturated heterocycles. The molecule has 42 heavy (non-hydrogen) atoms. The molecule has 0 radical (unpaired) electrons. The van der Waals surface area contributed by atoms with E-state index in [1.165, 1.54) is 12.0 Å². The van der Waals surface area contributed by atoms with E-state index in [0.29, 0.717) is 18.1 Å². The quantitative estimate of drug-likeness (QED) is 0.299. The van der Waals surface area contributed by atoms with Gasteiger partial charge in [0.2, 0.25) is 0 Å². The number of hydrogen-bond donors (Lipinski definition) is 2. The fourth-order valence-corrected chi connectivity index (χ4v) is 5.57. The van der Waals surface area contributed by atoms with E-state index in [1.54, 1.807) is 10.9 Å². The molecule has 6 heterocycles. The number of rotatable bonds is 7. The third-order valence-electron chi connectivity index (χ3n) is 7.70. The van der Waals surface area contributed by atoms with Crippen molar-refractivity contribution in [2.45, 2.75) is 20.0 Å². The molecule has 0 bridgehead atoms. The zero-order valence-electron chi connectivity index (χ0n) is 23.7. The number of nitrogen functional groups attached to an aromatic ring is 1. The molecule has 0 amide bonds. The Hall–Kier alpha value is -5.03. The molecule has 1 aliphatic heterocycles. The molecule has 7 rings (SSSR count). The number of hydrogen-bond acceptors (Lipinski definition) is 9. The van der Waals surface area contributed by atoms with Crippen molar-refractivity contribution in [2.75, 3.05) is 36.8 Å². The number of benzene rings is 1. The van der Waals surface area contributed by atoms with E-state index in [4.69, 9.17) is 15.5 Å². The molecule has 11 heteroatoms. The maximum Gasteiger partial charge on any atom is 0.150 e. The van der Waals surface area contributed by atoms with E-state index in [-0.39, 0.29) is 0 Å². The maximum atomic E-state index is 6.30. The third-order valence-corrected chi connectivity index (χ3v) is 7.70. The van der Waals surface area contributed by atoms with Crippen molar-refractivity contribution in [3.63, 3.8) is 0 Å². The summed E-state index contributed by atoms with van der Waals surface area (Å²) in [5.74, 6) is 1.17. The SMILES string of the molecule is CCc1cc(N2CCNCC2)c2ccc(OCc3cncc(-n4cc(-c5ccn(C)n5)c5c(N)ncnc54)c3)cc2n1. The van der Waals surface area contributed by atoms with Gasteiger partial charge in [-0.25, -0.2) is 9.97 Å². The Bertz CT molecular complexity index is 1900. The lowest BCUT2D eigenvalue weighted by atomic mass is 10.1. The maximum absolute atomic E-state index is 6.30. The molecule has 0 atom stereocenters. The number of piperazine rings is 1. The van der Waals surface area contributed by atoms with Crippen LogP contribution in [0.4, 0.5) is 11.5 Å². The molecule has 1 aromatic carbocycles. The van der Waals surface area contributed by atoms with Crippen molar-refractivity contribution >= 4 is 33.4 Å². The Balaban J connectivity index is 1.18. The number of anilines is 2. The van der Waals surface area contributed by atoms with Crippen LogP contribution in [0.3, 0.4) is 0 Å². The fourth-order valence-electron chi connectivity index (χ4n) is 5.57. The largest absolute Gasteiger partial charge is 0.489 e. The molecule has 0 saturated carbocycles. The normalized spacial score (nSPS) is 13.7. The molecule has 3 N–H and O–H groups in total. The molecular formula is C31H32N10O. The smallest absolute Gasteiger partial charge is 0.150 e. The topological polar surface area (TPSA) is 125 Å². The van der Waals surface area contributed by atoms with Gasteiger partial charge in [0.25, 0.3) is 0 Å². The average molecular weight is 561 g/mol. The second kappa shape index (κ2) is 10.7. The van der Waals surface area contributed by atoms with Crippen molar-refractivity contribution in [2.24, 2.45) is 7.05 Å². The highest BCUT2D eigenvalue weighted by Gasteiger charge is 2.19. The summed E-state index contributed by atoms with van der Waals surface area (Å²) in [5.41, 5.74) is 13.7. The van der Waals surface area contributed by atoms with Crippen LogP contribution in [0, 0.1) is 0 Å². The molecule has 0 aliphatic carbocycles. The van der Waals surface area contributed by atoms with Crippen molar-refractivity contribution in [1.82, 2.24) is 39.6 Å². The summed E-state index contributed by atoms with van der Waals surface area (Å²) in [6.07, 6.45) is 9.85. The first kappa shape index (κ1) is 25.9. The van der Waals surface area contributed by atoms with E-state index < -0.39 is 0 Å². The number of nitrogens with two attached hydrogens (primary N) is 1. The van der Waals surface area contributed by atoms with Crippen LogP contribution in [-0.2, 0) is 20.1 Å². The van der Waals surface area contributed by atoms with Gasteiger partial charge in [0.1, 0.15) is 24.5 Å². The van der Waals surface area contributed by atoms with Crippen LogP contribution in [-0.4, -0.2) is 60.5 Å². The molecule has 11 nitrogen and oxygen atoms in total. The summed E-state index contributed by atoms with van der Waals surface area (Å²) in [6.45, 7) is 6.45. The van der Waals surface area contributed by atoms with Crippen LogP contribution >= 0.6 is 0 Å². The highest BCUT2D eigenvalue weighted by molar-refractivity contribution is 6.00.